The highest BCUT2D eigenvalue weighted by atomic mass is 15.3. The summed E-state index contributed by atoms with van der Waals surface area (Å²) in [4.78, 5) is 7.99. The van der Waals surface area contributed by atoms with E-state index in [0.717, 1.165) is 5.69 Å². The summed E-state index contributed by atoms with van der Waals surface area (Å²) in [7, 11) is 0. The van der Waals surface area contributed by atoms with Crippen LogP contribution in [0.3, 0.4) is 0 Å². The molecule has 0 aliphatic rings. The van der Waals surface area contributed by atoms with Crippen LogP contribution in [0.5, 0.6) is 0 Å². The summed E-state index contributed by atoms with van der Waals surface area (Å²) in [6, 6.07) is 2.24. The van der Waals surface area contributed by atoms with E-state index >= 15 is 0 Å². The molecule has 0 saturated carbocycles. The number of aromatic nitrogens is 4. The summed E-state index contributed by atoms with van der Waals surface area (Å²) < 4.78 is 1.85. The predicted molar refractivity (Wildman–Crippen MR) is 62.6 cm³/mol. The number of nitrogens with zero attached hydrogens (tertiary/aromatic N) is 5. The van der Waals surface area contributed by atoms with Crippen LogP contribution in [-0.2, 0) is 0 Å². The molecular formula is C11H12N6. The molecule has 6 nitrogen and oxygen atoms in total. The highest BCUT2D eigenvalue weighted by Gasteiger charge is 2.02. The van der Waals surface area contributed by atoms with Gasteiger partial charge >= 0.3 is 0 Å². The van der Waals surface area contributed by atoms with E-state index < -0.39 is 0 Å². The van der Waals surface area contributed by atoms with Crippen LogP contribution in [0.1, 0.15) is 25.6 Å². The summed E-state index contributed by atoms with van der Waals surface area (Å²) >= 11 is 0. The van der Waals surface area contributed by atoms with Crippen LogP contribution < -0.4 is 5.32 Å². The topological polar surface area (TPSA) is 79.4 Å². The molecule has 0 saturated heterocycles. The maximum atomic E-state index is 8.60. The second-order valence-corrected chi connectivity index (χ2v) is 3.83. The lowest BCUT2D eigenvalue weighted by atomic mass is 10.4. The largest absolute Gasteiger partial charge is 0.336 e. The van der Waals surface area contributed by atoms with Gasteiger partial charge in [-0.25, -0.2) is 9.97 Å². The Balaban J connectivity index is 2.11. The number of nitrogens with one attached hydrogen (secondary N) is 1. The van der Waals surface area contributed by atoms with Crippen molar-refractivity contribution in [1.82, 2.24) is 19.7 Å². The van der Waals surface area contributed by atoms with Crippen molar-refractivity contribution < 1.29 is 0 Å². The van der Waals surface area contributed by atoms with Crippen LogP contribution in [0.15, 0.2) is 24.8 Å². The molecular weight excluding hydrogens is 216 g/mol. The zero-order valence-electron chi connectivity index (χ0n) is 9.62. The number of rotatable bonds is 3. The predicted octanol–water partition coefficient (Wildman–Crippen LogP) is 1.87. The fourth-order valence-corrected chi connectivity index (χ4v) is 1.28. The maximum absolute atomic E-state index is 8.60. The minimum Gasteiger partial charge on any atom is -0.336 e. The summed E-state index contributed by atoms with van der Waals surface area (Å²) in [5.74, 6) is 0.590. The van der Waals surface area contributed by atoms with Gasteiger partial charge in [-0.05, 0) is 13.8 Å². The molecule has 0 fully saturated rings. The van der Waals surface area contributed by atoms with Gasteiger partial charge in [0.05, 0.1) is 24.3 Å². The molecule has 2 aromatic heterocycles. The van der Waals surface area contributed by atoms with E-state index in [1.54, 1.807) is 6.20 Å². The van der Waals surface area contributed by atoms with E-state index in [1.807, 2.05) is 16.9 Å². The highest BCUT2D eigenvalue weighted by Crippen LogP contribution is 2.14. The molecule has 0 amide bonds. The average Bonchev–Trinajstić information content (AvgIpc) is 2.79. The molecule has 2 heterocycles. The Hall–Kier alpha value is -2.42. The van der Waals surface area contributed by atoms with E-state index in [1.165, 1.54) is 12.4 Å². The molecule has 0 spiro atoms. The number of nitriles is 1. The molecule has 17 heavy (non-hydrogen) atoms. The second-order valence-electron chi connectivity index (χ2n) is 3.83. The fourth-order valence-electron chi connectivity index (χ4n) is 1.28. The zero-order chi connectivity index (χ0) is 12.3. The quantitative estimate of drug-likeness (QED) is 0.867. The van der Waals surface area contributed by atoms with Gasteiger partial charge in [-0.1, -0.05) is 0 Å². The lowest BCUT2D eigenvalue weighted by Gasteiger charge is -2.03. The highest BCUT2D eigenvalue weighted by molar-refractivity contribution is 5.52. The Kier molecular flexibility index (Phi) is 3.01. The molecule has 0 aromatic carbocycles. The van der Waals surface area contributed by atoms with Gasteiger partial charge in [-0.3, -0.25) is 4.68 Å². The van der Waals surface area contributed by atoms with Crippen molar-refractivity contribution in [1.29, 1.82) is 5.26 Å². The lowest BCUT2D eigenvalue weighted by molar-refractivity contribution is 0.532. The van der Waals surface area contributed by atoms with Gasteiger partial charge in [0, 0.05) is 12.2 Å². The Morgan fingerprint density at radius 3 is 2.65 bits per heavy atom. The van der Waals surface area contributed by atoms with Crippen LogP contribution in [0, 0.1) is 11.3 Å². The summed E-state index contributed by atoms with van der Waals surface area (Å²) in [5.41, 5.74) is 1.14. The van der Waals surface area contributed by atoms with Gasteiger partial charge in [-0.2, -0.15) is 10.4 Å². The standard InChI is InChI=1S/C11H12N6/c1-8(2)17-7-10(5-15-17)16-11-6-13-9(3-12)4-14-11/h4-8H,1-2H3,(H,14,16). The van der Waals surface area contributed by atoms with Crippen molar-refractivity contribution in [2.75, 3.05) is 5.32 Å². The van der Waals surface area contributed by atoms with Crippen LogP contribution >= 0.6 is 0 Å². The summed E-state index contributed by atoms with van der Waals surface area (Å²) in [6.07, 6.45) is 6.56. The third kappa shape index (κ3) is 2.58. The molecule has 1 N–H and O–H groups in total. The molecule has 0 radical (unpaired) electrons. The zero-order valence-corrected chi connectivity index (χ0v) is 9.62. The smallest absolute Gasteiger partial charge is 0.158 e. The monoisotopic (exact) mass is 228 g/mol. The molecule has 0 atom stereocenters. The van der Waals surface area contributed by atoms with E-state index in [9.17, 15) is 0 Å². The Bertz CT molecular complexity index is 534. The van der Waals surface area contributed by atoms with Crippen molar-refractivity contribution in [3.8, 4) is 6.07 Å². The fraction of sp³-hybridized carbons (Fsp3) is 0.273. The van der Waals surface area contributed by atoms with Crippen LogP contribution in [0.4, 0.5) is 11.5 Å². The van der Waals surface area contributed by atoms with Crippen LogP contribution in [0.2, 0.25) is 0 Å². The maximum Gasteiger partial charge on any atom is 0.158 e. The first-order chi connectivity index (χ1) is 8.19. The minimum atomic E-state index is 0.299. The summed E-state index contributed by atoms with van der Waals surface area (Å²) in [6.45, 7) is 4.11. The number of hydrogen-bond acceptors (Lipinski definition) is 5. The molecule has 6 heteroatoms. The molecule has 0 bridgehead atoms. The third-order valence-electron chi connectivity index (χ3n) is 2.17. The minimum absolute atomic E-state index is 0.299. The molecule has 0 unspecified atom stereocenters. The SMILES string of the molecule is CC(C)n1cc(Nc2cnc(C#N)cn2)cn1. The first-order valence-corrected chi connectivity index (χ1v) is 5.22. The van der Waals surface area contributed by atoms with Gasteiger partial charge < -0.3 is 5.32 Å². The van der Waals surface area contributed by atoms with Gasteiger partial charge in [0.25, 0.3) is 0 Å². The van der Waals surface area contributed by atoms with E-state index in [2.05, 4.69) is 34.2 Å². The Morgan fingerprint density at radius 2 is 2.12 bits per heavy atom. The Labute approximate surface area is 98.9 Å². The molecule has 0 aliphatic carbocycles. The van der Waals surface area contributed by atoms with Crippen molar-refractivity contribution in [2.24, 2.45) is 0 Å². The molecule has 2 aromatic rings. The van der Waals surface area contributed by atoms with Crippen molar-refractivity contribution in [3.63, 3.8) is 0 Å². The third-order valence-corrected chi connectivity index (χ3v) is 2.17. The van der Waals surface area contributed by atoms with E-state index in [-0.39, 0.29) is 0 Å². The molecule has 0 aliphatic heterocycles. The normalized spacial score (nSPS) is 10.2. The van der Waals surface area contributed by atoms with Crippen molar-refractivity contribution in [2.45, 2.75) is 19.9 Å². The van der Waals surface area contributed by atoms with Gasteiger partial charge in [0.2, 0.25) is 0 Å². The van der Waals surface area contributed by atoms with Gasteiger partial charge in [0.15, 0.2) is 5.69 Å². The van der Waals surface area contributed by atoms with Crippen LogP contribution in [0.25, 0.3) is 0 Å². The average molecular weight is 228 g/mol. The van der Waals surface area contributed by atoms with Gasteiger partial charge in [0.1, 0.15) is 11.9 Å². The van der Waals surface area contributed by atoms with Crippen molar-refractivity contribution in [3.05, 3.63) is 30.5 Å². The first-order valence-electron chi connectivity index (χ1n) is 5.22. The van der Waals surface area contributed by atoms with E-state index in [0.29, 0.717) is 17.6 Å². The van der Waals surface area contributed by atoms with Crippen LogP contribution in [-0.4, -0.2) is 19.7 Å². The lowest BCUT2D eigenvalue weighted by Crippen LogP contribution is -2.00. The first kappa shape index (κ1) is 11.1. The molecule has 86 valence electrons. The number of anilines is 2. The molecule has 2 rings (SSSR count). The van der Waals surface area contributed by atoms with Gasteiger partial charge in [-0.15, -0.1) is 0 Å². The van der Waals surface area contributed by atoms with E-state index in [4.69, 9.17) is 5.26 Å². The van der Waals surface area contributed by atoms with Crippen molar-refractivity contribution >= 4 is 11.5 Å². The summed E-state index contributed by atoms with van der Waals surface area (Å²) in [5, 5.41) is 15.9. The Morgan fingerprint density at radius 1 is 1.29 bits per heavy atom. The number of hydrogen-bond donors (Lipinski definition) is 1. The second kappa shape index (κ2) is 4.61.